The first kappa shape index (κ1) is 18.4. The van der Waals surface area contributed by atoms with Gasteiger partial charge in [-0.3, -0.25) is 0 Å². The van der Waals surface area contributed by atoms with Crippen LogP contribution in [0.5, 0.6) is 0 Å². The number of likely N-dealkylation sites (tertiary alicyclic amines) is 1. The van der Waals surface area contributed by atoms with E-state index < -0.39 is 0 Å². The molecular weight excluding hydrogens is 328 g/mol. The zero-order chi connectivity index (χ0) is 17.6. The Kier molecular flexibility index (Phi) is 6.52. The molecule has 2 N–H and O–H groups in total. The van der Waals surface area contributed by atoms with E-state index in [1.54, 1.807) is 0 Å². The van der Waals surface area contributed by atoms with Gasteiger partial charge in [0.1, 0.15) is 0 Å². The van der Waals surface area contributed by atoms with Crippen molar-refractivity contribution >= 4 is 11.6 Å². The number of halogens is 1. The highest BCUT2D eigenvalue weighted by atomic mass is 35.5. The van der Waals surface area contributed by atoms with Gasteiger partial charge in [0.25, 0.3) is 0 Å². The average Bonchev–Trinajstić information content (AvgIpc) is 2.61. The van der Waals surface area contributed by atoms with Crippen molar-refractivity contribution in [2.24, 2.45) is 11.7 Å². The van der Waals surface area contributed by atoms with Gasteiger partial charge in [0.2, 0.25) is 0 Å². The molecule has 1 atom stereocenters. The van der Waals surface area contributed by atoms with E-state index in [1.807, 2.05) is 6.07 Å². The van der Waals surface area contributed by atoms with Crippen LogP contribution in [0.2, 0.25) is 5.02 Å². The predicted octanol–water partition coefficient (Wildman–Crippen LogP) is 4.47. The number of rotatable bonds is 6. The molecule has 1 aliphatic heterocycles. The number of hydrogen-bond donors (Lipinski definition) is 1. The summed E-state index contributed by atoms with van der Waals surface area (Å²) in [5, 5.41) is 0.831. The molecular formula is C22H29ClN2. The van der Waals surface area contributed by atoms with E-state index in [-0.39, 0.29) is 6.04 Å². The molecule has 1 aliphatic rings. The van der Waals surface area contributed by atoms with E-state index in [9.17, 15) is 0 Å². The summed E-state index contributed by atoms with van der Waals surface area (Å²) >= 11 is 6.10. The van der Waals surface area contributed by atoms with Gasteiger partial charge >= 0.3 is 0 Å². The number of benzene rings is 2. The van der Waals surface area contributed by atoms with E-state index in [0.717, 1.165) is 29.5 Å². The normalized spacial score (nSPS) is 17.6. The molecule has 25 heavy (non-hydrogen) atoms. The number of nitrogens with two attached hydrogens (primary N) is 1. The first-order valence-electron chi connectivity index (χ1n) is 9.37. The molecule has 0 spiro atoms. The van der Waals surface area contributed by atoms with Crippen molar-refractivity contribution in [3.8, 4) is 0 Å². The first-order chi connectivity index (χ1) is 12.1. The second-order valence-corrected chi connectivity index (χ2v) is 7.89. The van der Waals surface area contributed by atoms with Gasteiger partial charge in [0, 0.05) is 17.6 Å². The van der Waals surface area contributed by atoms with Crippen LogP contribution in [0.1, 0.15) is 29.5 Å². The maximum atomic E-state index is 6.41. The average molecular weight is 357 g/mol. The minimum atomic E-state index is 0.186. The van der Waals surface area contributed by atoms with Crippen LogP contribution in [0, 0.1) is 12.8 Å². The third-order valence-corrected chi connectivity index (χ3v) is 5.71. The zero-order valence-electron chi connectivity index (χ0n) is 15.1. The van der Waals surface area contributed by atoms with Crippen LogP contribution in [0.25, 0.3) is 0 Å². The molecule has 0 aromatic heterocycles. The van der Waals surface area contributed by atoms with Crippen LogP contribution >= 0.6 is 11.6 Å². The van der Waals surface area contributed by atoms with E-state index in [4.69, 9.17) is 17.3 Å². The number of piperidine rings is 1. The summed E-state index contributed by atoms with van der Waals surface area (Å²) in [7, 11) is 0. The van der Waals surface area contributed by atoms with E-state index in [2.05, 4.69) is 54.3 Å². The molecule has 2 aromatic rings. The lowest BCUT2D eigenvalue weighted by Crippen LogP contribution is -2.43. The Labute approximate surface area is 157 Å². The van der Waals surface area contributed by atoms with Crippen molar-refractivity contribution in [2.75, 3.05) is 19.6 Å². The Bertz CT molecular complexity index is 663. The highest BCUT2D eigenvalue weighted by Crippen LogP contribution is 2.22. The maximum Gasteiger partial charge on any atom is 0.0435 e. The molecule has 0 aliphatic carbocycles. The van der Waals surface area contributed by atoms with Crippen molar-refractivity contribution in [3.05, 3.63) is 70.2 Å². The van der Waals surface area contributed by atoms with Crippen LogP contribution < -0.4 is 5.73 Å². The number of nitrogens with zero attached hydrogens (tertiary/aromatic N) is 1. The lowest BCUT2D eigenvalue weighted by molar-refractivity contribution is 0.175. The van der Waals surface area contributed by atoms with Crippen molar-refractivity contribution < 1.29 is 0 Å². The highest BCUT2D eigenvalue weighted by molar-refractivity contribution is 6.31. The molecule has 0 amide bonds. The Hall–Kier alpha value is -1.35. The minimum Gasteiger partial charge on any atom is -0.326 e. The third kappa shape index (κ3) is 5.57. The Balaban J connectivity index is 1.43. The second-order valence-electron chi connectivity index (χ2n) is 7.48. The molecule has 3 heteroatoms. The van der Waals surface area contributed by atoms with Gasteiger partial charge in [0.05, 0.1) is 0 Å². The van der Waals surface area contributed by atoms with E-state index >= 15 is 0 Å². The molecule has 1 unspecified atom stereocenters. The monoisotopic (exact) mass is 356 g/mol. The van der Waals surface area contributed by atoms with Crippen LogP contribution in [-0.2, 0) is 12.8 Å². The topological polar surface area (TPSA) is 29.3 Å². The van der Waals surface area contributed by atoms with Gasteiger partial charge < -0.3 is 10.6 Å². The molecule has 1 saturated heterocycles. The molecule has 0 saturated carbocycles. The SMILES string of the molecule is Cc1cc(CC(N)CN2CCC(Cc3ccccc3)CC2)ccc1Cl. The fraction of sp³-hybridized carbons (Fsp3) is 0.455. The lowest BCUT2D eigenvalue weighted by Gasteiger charge is -2.33. The van der Waals surface area contributed by atoms with Crippen LogP contribution in [0.3, 0.4) is 0 Å². The summed E-state index contributed by atoms with van der Waals surface area (Å²) in [5.41, 5.74) is 10.3. The Morgan fingerprint density at radius 2 is 1.80 bits per heavy atom. The summed E-state index contributed by atoms with van der Waals surface area (Å²) in [4.78, 5) is 2.54. The van der Waals surface area contributed by atoms with Crippen LogP contribution in [-0.4, -0.2) is 30.6 Å². The van der Waals surface area contributed by atoms with Gasteiger partial charge in [-0.05, 0) is 74.4 Å². The van der Waals surface area contributed by atoms with Gasteiger partial charge in [0.15, 0.2) is 0 Å². The molecule has 2 nitrogen and oxygen atoms in total. The van der Waals surface area contributed by atoms with Crippen molar-refractivity contribution in [3.63, 3.8) is 0 Å². The lowest BCUT2D eigenvalue weighted by atomic mass is 9.90. The predicted molar refractivity (Wildman–Crippen MR) is 107 cm³/mol. The molecule has 3 rings (SSSR count). The third-order valence-electron chi connectivity index (χ3n) is 5.29. The zero-order valence-corrected chi connectivity index (χ0v) is 15.9. The highest BCUT2D eigenvalue weighted by Gasteiger charge is 2.21. The largest absolute Gasteiger partial charge is 0.326 e. The molecule has 1 fully saturated rings. The summed E-state index contributed by atoms with van der Waals surface area (Å²) in [5.74, 6) is 0.814. The van der Waals surface area contributed by atoms with Gasteiger partial charge in [-0.2, -0.15) is 0 Å². The Morgan fingerprint density at radius 3 is 2.48 bits per heavy atom. The molecule has 1 heterocycles. The summed E-state index contributed by atoms with van der Waals surface area (Å²) in [6, 6.07) is 17.3. The maximum absolute atomic E-state index is 6.41. The van der Waals surface area contributed by atoms with Crippen LogP contribution in [0.4, 0.5) is 0 Å². The number of hydrogen-bond acceptors (Lipinski definition) is 2. The second kappa shape index (κ2) is 8.84. The summed E-state index contributed by atoms with van der Waals surface area (Å²) < 4.78 is 0. The molecule has 2 aromatic carbocycles. The fourth-order valence-corrected chi connectivity index (χ4v) is 3.97. The summed E-state index contributed by atoms with van der Waals surface area (Å²) in [6.45, 7) is 5.38. The van der Waals surface area contributed by atoms with Crippen molar-refractivity contribution in [1.82, 2.24) is 4.90 Å². The van der Waals surface area contributed by atoms with Crippen LogP contribution in [0.15, 0.2) is 48.5 Å². The first-order valence-corrected chi connectivity index (χ1v) is 9.75. The quantitative estimate of drug-likeness (QED) is 0.827. The van der Waals surface area contributed by atoms with Crippen molar-refractivity contribution in [2.45, 2.75) is 38.6 Å². The van der Waals surface area contributed by atoms with E-state index in [0.29, 0.717) is 0 Å². The van der Waals surface area contributed by atoms with Gasteiger partial charge in [-0.25, -0.2) is 0 Å². The van der Waals surface area contributed by atoms with E-state index in [1.165, 1.54) is 43.5 Å². The smallest absolute Gasteiger partial charge is 0.0435 e. The van der Waals surface area contributed by atoms with Gasteiger partial charge in [-0.1, -0.05) is 54.1 Å². The molecule has 0 radical (unpaired) electrons. The minimum absolute atomic E-state index is 0.186. The number of aryl methyl sites for hydroxylation is 1. The molecule has 134 valence electrons. The molecule has 0 bridgehead atoms. The standard InChI is InChI=1S/C22H29ClN2/c1-17-13-20(7-8-22(17)23)15-21(24)16-25-11-9-19(10-12-25)14-18-5-3-2-4-6-18/h2-8,13,19,21H,9-12,14-16,24H2,1H3. The van der Waals surface area contributed by atoms with Gasteiger partial charge in [-0.15, -0.1) is 0 Å². The summed E-state index contributed by atoms with van der Waals surface area (Å²) in [6.07, 6.45) is 4.69. The fourth-order valence-electron chi connectivity index (χ4n) is 3.85. The van der Waals surface area contributed by atoms with Crippen molar-refractivity contribution in [1.29, 1.82) is 0 Å². The Morgan fingerprint density at radius 1 is 1.08 bits per heavy atom.